The zero-order chi connectivity index (χ0) is 29.0. The van der Waals surface area contributed by atoms with Gasteiger partial charge in [0.1, 0.15) is 18.9 Å². The van der Waals surface area contributed by atoms with Crippen LogP contribution in [0.15, 0.2) is 72.7 Å². The second-order valence-corrected chi connectivity index (χ2v) is 8.64. The molecule has 2 N–H and O–H groups in total. The number of rotatable bonds is 8. The van der Waals surface area contributed by atoms with Crippen LogP contribution in [0.25, 0.3) is 0 Å². The molecule has 0 bridgehead atoms. The van der Waals surface area contributed by atoms with Crippen LogP contribution in [0.5, 0.6) is 0 Å². The Kier molecular flexibility index (Phi) is 7.89. The summed E-state index contributed by atoms with van der Waals surface area (Å²) in [6, 6.07) is 11.8. The van der Waals surface area contributed by atoms with Crippen LogP contribution in [-0.2, 0) is 43.8 Å². The zero-order valence-corrected chi connectivity index (χ0v) is 21.7. The predicted octanol–water partition coefficient (Wildman–Crippen LogP) is 0.264. The van der Waals surface area contributed by atoms with E-state index in [0.29, 0.717) is 11.4 Å². The standard InChI is InChI=1S/C26H24N6O8/c1-30-17(8-9-20(30)24(36)40-14-19-11-22(34)29-26(38)32(19)3)12-27-16-6-4-15(5-7-16)23(35)39-13-18-10-21(33)28-25(37)31(18)2/h4-12H,13-14H2,1-3H3,(H,28,33,37)(H,29,34,38). The smallest absolute Gasteiger partial charge is 0.355 e. The first kappa shape index (κ1) is 27.5. The molecule has 206 valence electrons. The van der Waals surface area contributed by atoms with E-state index in [0.717, 1.165) is 0 Å². The number of esters is 2. The van der Waals surface area contributed by atoms with Gasteiger partial charge in [-0.15, -0.1) is 0 Å². The van der Waals surface area contributed by atoms with Gasteiger partial charge in [-0.2, -0.15) is 0 Å². The molecule has 4 aromatic rings. The molecule has 0 saturated heterocycles. The molecule has 14 nitrogen and oxygen atoms in total. The molecular formula is C26H24N6O8. The van der Waals surface area contributed by atoms with Crippen LogP contribution >= 0.6 is 0 Å². The number of H-pyrrole nitrogens is 2. The lowest BCUT2D eigenvalue weighted by Crippen LogP contribution is -2.30. The van der Waals surface area contributed by atoms with Gasteiger partial charge >= 0.3 is 23.3 Å². The number of nitrogens with zero attached hydrogens (tertiary/aromatic N) is 4. The highest BCUT2D eigenvalue weighted by Gasteiger charge is 2.15. The molecule has 0 fully saturated rings. The van der Waals surface area contributed by atoms with Gasteiger partial charge in [-0.05, 0) is 36.4 Å². The molecule has 0 spiro atoms. The summed E-state index contributed by atoms with van der Waals surface area (Å²) in [5.74, 6) is -1.30. The number of aromatic amines is 2. The van der Waals surface area contributed by atoms with Gasteiger partial charge in [0.15, 0.2) is 0 Å². The van der Waals surface area contributed by atoms with Crippen molar-refractivity contribution in [2.24, 2.45) is 26.1 Å². The summed E-state index contributed by atoms with van der Waals surface area (Å²) in [6.07, 6.45) is 1.53. The monoisotopic (exact) mass is 548 g/mol. The third-order valence-corrected chi connectivity index (χ3v) is 6.05. The average molecular weight is 549 g/mol. The van der Waals surface area contributed by atoms with Gasteiger partial charge in [0.25, 0.3) is 11.1 Å². The fourth-order valence-corrected chi connectivity index (χ4v) is 3.61. The Labute approximate surface area is 224 Å². The van der Waals surface area contributed by atoms with Crippen LogP contribution in [-0.4, -0.2) is 41.8 Å². The van der Waals surface area contributed by atoms with E-state index in [2.05, 4.69) is 15.0 Å². The highest BCUT2D eigenvalue weighted by atomic mass is 16.5. The third kappa shape index (κ3) is 6.12. The molecular weight excluding hydrogens is 524 g/mol. The molecule has 1 aromatic carbocycles. The largest absolute Gasteiger partial charge is 0.456 e. The minimum absolute atomic E-state index is 0.229. The number of ether oxygens (including phenoxy) is 2. The summed E-state index contributed by atoms with van der Waals surface area (Å²) in [7, 11) is 4.55. The highest BCUT2D eigenvalue weighted by molar-refractivity contribution is 5.91. The molecule has 4 rings (SSSR count). The topological polar surface area (TPSA) is 180 Å². The number of hydrogen-bond acceptors (Lipinski definition) is 9. The second-order valence-electron chi connectivity index (χ2n) is 8.64. The normalized spacial score (nSPS) is 11.1. The number of hydrogen-bond donors (Lipinski definition) is 2. The van der Waals surface area contributed by atoms with Crippen molar-refractivity contribution in [3.63, 3.8) is 0 Å². The molecule has 3 aromatic heterocycles. The van der Waals surface area contributed by atoms with Gasteiger partial charge in [0.2, 0.25) is 0 Å². The molecule has 40 heavy (non-hydrogen) atoms. The van der Waals surface area contributed by atoms with Gasteiger partial charge in [-0.25, -0.2) is 19.2 Å². The lowest BCUT2D eigenvalue weighted by Gasteiger charge is -2.09. The molecule has 0 amide bonds. The van der Waals surface area contributed by atoms with E-state index in [1.807, 2.05) is 0 Å². The molecule has 0 atom stereocenters. The number of aliphatic imine (C=N–C) groups is 1. The minimum atomic E-state index is -0.655. The number of carbonyl (C=O) groups excluding carboxylic acids is 2. The maximum Gasteiger partial charge on any atom is 0.355 e. The maximum absolute atomic E-state index is 12.6. The molecule has 0 aliphatic heterocycles. The first-order valence-corrected chi connectivity index (χ1v) is 11.8. The predicted molar refractivity (Wildman–Crippen MR) is 142 cm³/mol. The molecule has 0 saturated carbocycles. The SMILES string of the molecule is Cn1c(C=Nc2ccc(C(=O)OCc3cc(=O)[nH]c(=O)n3C)cc2)ccc1C(=O)OCc1cc(=O)[nH]c(=O)n1C. The summed E-state index contributed by atoms with van der Waals surface area (Å²) >= 11 is 0. The molecule has 14 heteroatoms. The van der Waals surface area contributed by atoms with E-state index in [4.69, 9.17) is 9.47 Å². The van der Waals surface area contributed by atoms with Crippen molar-refractivity contribution < 1.29 is 19.1 Å². The van der Waals surface area contributed by atoms with E-state index in [-0.39, 0.29) is 35.9 Å². The molecule has 0 aliphatic carbocycles. The van der Waals surface area contributed by atoms with Crippen LogP contribution in [0.1, 0.15) is 37.9 Å². The van der Waals surface area contributed by atoms with Crippen molar-refractivity contribution in [1.82, 2.24) is 23.7 Å². The highest BCUT2D eigenvalue weighted by Crippen LogP contribution is 2.15. The van der Waals surface area contributed by atoms with Crippen molar-refractivity contribution in [3.05, 3.63) is 119 Å². The first-order valence-electron chi connectivity index (χ1n) is 11.8. The van der Waals surface area contributed by atoms with Crippen molar-refractivity contribution in [1.29, 1.82) is 0 Å². The van der Waals surface area contributed by atoms with E-state index in [1.165, 1.54) is 53.7 Å². The summed E-state index contributed by atoms with van der Waals surface area (Å²) in [4.78, 5) is 79.9. The molecule has 0 radical (unpaired) electrons. The molecule has 3 heterocycles. The summed E-state index contributed by atoms with van der Waals surface area (Å²) in [5, 5.41) is 0. The van der Waals surface area contributed by atoms with Gasteiger partial charge in [0, 0.05) is 33.3 Å². The van der Waals surface area contributed by atoms with Crippen molar-refractivity contribution >= 4 is 23.8 Å². The van der Waals surface area contributed by atoms with Crippen molar-refractivity contribution in [2.45, 2.75) is 13.2 Å². The van der Waals surface area contributed by atoms with Crippen LogP contribution in [0.4, 0.5) is 5.69 Å². The Bertz CT molecular complexity index is 1850. The van der Waals surface area contributed by atoms with Crippen LogP contribution in [0, 0.1) is 0 Å². The molecule has 0 unspecified atom stereocenters. The Hall–Kier alpha value is -5.53. The second kappa shape index (κ2) is 11.5. The number of benzene rings is 1. The van der Waals surface area contributed by atoms with Gasteiger partial charge in [-0.1, -0.05) is 0 Å². The van der Waals surface area contributed by atoms with E-state index >= 15 is 0 Å². The summed E-state index contributed by atoms with van der Waals surface area (Å²) in [6.45, 7) is -0.520. The van der Waals surface area contributed by atoms with Gasteiger partial charge < -0.3 is 14.0 Å². The average Bonchev–Trinajstić information content (AvgIpc) is 3.29. The lowest BCUT2D eigenvalue weighted by atomic mass is 10.2. The Morgan fingerprint density at radius 1 is 0.750 bits per heavy atom. The fraction of sp³-hybridized carbons (Fsp3) is 0.192. The number of nitrogens with one attached hydrogen (secondary N) is 2. The maximum atomic E-state index is 12.6. The van der Waals surface area contributed by atoms with E-state index in [1.54, 1.807) is 35.9 Å². The first-order chi connectivity index (χ1) is 19.0. The Morgan fingerprint density at radius 2 is 1.27 bits per heavy atom. The number of carbonyl (C=O) groups is 2. The van der Waals surface area contributed by atoms with Crippen LogP contribution in [0.2, 0.25) is 0 Å². The van der Waals surface area contributed by atoms with Crippen molar-refractivity contribution in [3.8, 4) is 0 Å². The zero-order valence-electron chi connectivity index (χ0n) is 21.7. The van der Waals surface area contributed by atoms with Crippen LogP contribution < -0.4 is 22.5 Å². The Balaban J connectivity index is 1.37. The van der Waals surface area contributed by atoms with E-state index in [9.17, 15) is 28.8 Å². The Morgan fingerprint density at radius 3 is 1.82 bits per heavy atom. The summed E-state index contributed by atoms with van der Waals surface area (Å²) in [5.41, 5.74) is -0.327. The van der Waals surface area contributed by atoms with Crippen LogP contribution in [0.3, 0.4) is 0 Å². The summed E-state index contributed by atoms with van der Waals surface area (Å²) < 4.78 is 14.4. The van der Waals surface area contributed by atoms with Crippen molar-refractivity contribution in [2.75, 3.05) is 0 Å². The third-order valence-electron chi connectivity index (χ3n) is 6.05. The van der Waals surface area contributed by atoms with Gasteiger partial charge in [-0.3, -0.25) is 33.7 Å². The number of aromatic nitrogens is 5. The van der Waals surface area contributed by atoms with E-state index < -0.39 is 34.4 Å². The quantitative estimate of drug-likeness (QED) is 0.232. The van der Waals surface area contributed by atoms with Gasteiger partial charge in [0.05, 0.1) is 34.5 Å². The minimum Gasteiger partial charge on any atom is -0.456 e. The fourth-order valence-electron chi connectivity index (χ4n) is 3.61. The molecule has 0 aliphatic rings. The lowest BCUT2D eigenvalue weighted by molar-refractivity contribution is 0.0447.